The molecule has 0 N–H and O–H groups in total. The first-order valence-corrected chi connectivity index (χ1v) is 4.98. The van der Waals surface area contributed by atoms with Crippen molar-refractivity contribution in [3.05, 3.63) is 17.8 Å². The van der Waals surface area contributed by atoms with Gasteiger partial charge in [0.1, 0.15) is 5.76 Å². The molecule has 13 heavy (non-hydrogen) atoms. The lowest BCUT2D eigenvalue weighted by molar-refractivity contribution is 0.200. The number of oxazole rings is 1. The van der Waals surface area contributed by atoms with E-state index in [1.54, 1.807) is 6.20 Å². The van der Waals surface area contributed by atoms with Crippen molar-refractivity contribution in [3.63, 3.8) is 0 Å². The number of nitrogens with zero attached hydrogens (tertiary/aromatic N) is 2. The van der Waals surface area contributed by atoms with Crippen molar-refractivity contribution in [2.24, 2.45) is 0 Å². The van der Waals surface area contributed by atoms with Crippen LogP contribution in [-0.4, -0.2) is 23.0 Å². The third-order valence-electron chi connectivity index (χ3n) is 2.48. The summed E-state index contributed by atoms with van der Waals surface area (Å²) in [7, 11) is 0. The molecule has 0 unspecified atom stereocenters. The van der Waals surface area contributed by atoms with E-state index in [2.05, 4.69) is 9.88 Å². The minimum Gasteiger partial charge on any atom is -0.445 e. The van der Waals surface area contributed by atoms with E-state index in [1.165, 1.54) is 32.4 Å². The maximum Gasteiger partial charge on any atom is 0.208 e. The van der Waals surface area contributed by atoms with Crippen LogP contribution in [0.2, 0.25) is 0 Å². The zero-order chi connectivity index (χ0) is 9.10. The quantitative estimate of drug-likeness (QED) is 0.696. The topological polar surface area (TPSA) is 29.3 Å². The average molecular weight is 180 g/mol. The minimum atomic E-state index is 0.861. The van der Waals surface area contributed by atoms with Gasteiger partial charge in [0.25, 0.3) is 0 Å². The van der Waals surface area contributed by atoms with Crippen molar-refractivity contribution in [3.8, 4) is 0 Å². The second-order valence-electron chi connectivity index (χ2n) is 3.70. The van der Waals surface area contributed by atoms with Gasteiger partial charge in [-0.25, -0.2) is 4.98 Å². The Morgan fingerprint density at radius 2 is 2.15 bits per heavy atom. The van der Waals surface area contributed by atoms with Crippen LogP contribution in [0.4, 0.5) is 0 Å². The first kappa shape index (κ1) is 8.75. The van der Waals surface area contributed by atoms with Crippen LogP contribution in [0.25, 0.3) is 0 Å². The van der Waals surface area contributed by atoms with Gasteiger partial charge in [0, 0.05) is 0 Å². The molecule has 0 atom stereocenters. The molecule has 72 valence electrons. The summed E-state index contributed by atoms with van der Waals surface area (Å²) in [6, 6.07) is 0. The van der Waals surface area contributed by atoms with Gasteiger partial charge in [-0.05, 0) is 32.9 Å². The molecule has 2 heterocycles. The van der Waals surface area contributed by atoms with Crippen LogP contribution in [0.5, 0.6) is 0 Å². The first-order chi connectivity index (χ1) is 6.34. The summed E-state index contributed by atoms with van der Waals surface area (Å²) in [6.07, 6.45) is 5.81. The van der Waals surface area contributed by atoms with Crippen molar-refractivity contribution in [1.82, 2.24) is 9.88 Å². The molecule has 0 saturated carbocycles. The fraction of sp³-hybridized carbons (Fsp3) is 0.700. The van der Waals surface area contributed by atoms with Gasteiger partial charge in [-0.15, -0.1) is 0 Å². The molecule has 0 amide bonds. The van der Waals surface area contributed by atoms with Crippen LogP contribution in [0.1, 0.15) is 30.9 Å². The van der Waals surface area contributed by atoms with Crippen LogP contribution in [-0.2, 0) is 6.54 Å². The van der Waals surface area contributed by atoms with Crippen molar-refractivity contribution < 1.29 is 4.42 Å². The van der Waals surface area contributed by atoms with Crippen LogP contribution in [0.3, 0.4) is 0 Å². The second kappa shape index (κ2) is 3.92. The Labute approximate surface area is 78.8 Å². The van der Waals surface area contributed by atoms with E-state index in [1.807, 2.05) is 6.92 Å². The monoisotopic (exact) mass is 180 g/mol. The Morgan fingerprint density at radius 1 is 1.38 bits per heavy atom. The summed E-state index contributed by atoms with van der Waals surface area (Å²) in [5.74, 6) is 1.77. The van der Waals surface area contributed by atoms with Gasteiger partial charge in [-0.1, -0.05) is 6.42 Å². The molecule has 1 saturated heterocycles. The summed E-state index contributed by atoms with van der Waals surface area (Å²) in [5, 5.41) is 0. The van der Waals surface area contributed by atoms with E-state index >= 15 is 0 Å². The molecule has 1 fully saturated rings. The summed E-state index contributed by atoms with van der Waals surface area (Å²) < 4.78 is 5.43. The average Bonchev–Trinajstić information content (AvgIpc) is 2.53. The summed E-state index contributed by atoms with van der Waals surface area (Å²) >= 11 is 0. The number of hydrogen-bond donors (Lipinski definition) is 0. The van der Waals surface area contributed by atoms with E-state index in [0.29, 0.717) is 0 Å². The summed E-state index contributed by atoms with van der Waals surface area (Å²) in [4.78, 5) is 6.61. The Hall–Kier alpha value is -0.830. The number of aryl methyl sites for hydroxylation is 1. The predicted octanol–water partition coefficient (Wildman–Crippen LogP) is 1.97. The van der Waals surface area contributed by atoms with E-state index in [9.17, 15) is 0 Å². The standard InChI is InChI=1S/C10H16N2O/c1-9-7-11-10(13-9)8-12-5-3-2-4-6-12/h7H,2-6,8H2,1H3. The molecule has 1 aliphatic rings. The minimum absolute atomic E-state index is 0.861. The molecule has 0 aromatic carbocycles. The molecule has 0 spiro atoms. The third kappa shape index (κ3) is 2.31. The summed E-state index contributed by atoms with van der Waals surface area (Å²) in [6.45, 7) is 5.21. The molecule has 1 aromatic heterocycles. The molecule has 3 heteroatoms. The molecule has 1 aliphatic heterocycles. The van der Waals surface area contributed by atoms with Crippen LogP contribution in [0, 0.1) is 6.92 Å². The number of likely N-dealkylation sites (tertiary alicyclic amines) is 1. The molecule has 1 aromatic rings. The lowest BCUT2D eigenvalue weighted by atomic mass is 10.1. The van der Waals surface area contributed by atoms with Gasteiger partial charge in [-0.3, -0.25) is 4.90 Å². The Balaban J connectivity index is 1.89. The van der Waals surface area contributed by atoms with Crippen molar-refractivity contribution in [2.75, 3.05) is 13.1 Å². The van der Waals surface area contributed by atoms with Crippen LogP contribution in [0.15, 0.2) is 10.6 Å². The highest BCUT2D eigenvalue weighted by atomic mass is 16.4. The highest BCUT2D eigenvalue weighted by molar-refractivity contribution is 4.90. The largest absolute Gasteiger partial charge is 0.445 e. The van der Waals surface area contributed by atoms with Crippen molar-refractivity contribution in [1.29, 1.82) is 0 Å². The Morgan fingerprint density at radius 3 is 2.77 bits per heavy atom. The maximum absolute atomic E-state index is 5.43. The molecule has 3 nitrogen and oxygen atoms in total. The smallest absolute Gasteiger partial charge is 0.208 e. The van der Waals surface area contributed by atoms with Gasteiger partial charge in [0.15, 0.2) is 0 Å². The zero-order valence-electron chi connectivity index (χ0n) is 8.12. The Bertz CT molecular complexity index is 264. The van der Waals surface area contributed by atoms with Gasteiger partial charge >= 0.3 is 0 Å². The van der Waals surface area contributed by atoms with E-state index in [0.717, 1.165) is 18.2 Å². The predicted molar refractivity (Wildman–Crippen MR) is 50.4 cm³/mol. The van der Waals surface area contributed by atoms with Gasteiger partial charge in [0.05, 0.1) is 12.7 Å². The lowest BCUT2D eigenvalue weighted by Crippen LogP contribution is -2.29. The number of aromatic nitrogens is 1. The molecule has 0 bridgehead atoms. The zero-order valence-corrected chi connectivity index (χ0v) is 8.12. The molecular weight excluding hydrogens is 164 g/mol. The highest BCUT2D eigenvalue weighted by Crippen LogP contribution is 2.12. The highest BCUT2D eigenvalue weighted by Gasteiger charge is 2.12. The SMILES string of the molecule is Cc1cnc(CN2CCCCC2)o1. The number of rotatable bonds is 2. The summed E-state index contributed by atoms with van der Waals surface area (Å²) in [5.41, 5.74) is 0. The van der Waals surface area contributed by atoms with Crippen LogP contribution >= 0.6 is 0 Å². The lowest BCUT2D eigenvalue weighted by Gasteiger charge is -2.24. The molecule has 0 aliphatic carbocycles. The fourth-order valence-electron chi connectivity index (χ4n) is 1.78. The molecular formula is C10H16N2O. The normalized spacial score (nSPS) is 19.2. The molecule has 0 radical (unpaired) electrons. The van der Waals surface area contributed by atoms with Gasteiger partial charge in [-0.2, -0.15) is 0 Å². The Kier molecular flexibility index (Phi) is 2.64. The van der Waals surface area contributed by atoms with E-state index in [-0.39, 0.29) is 0 Å². The number of piperidine rings is 1. The van der Waals surface area contributed by atoms with E-state index < -0.39 is 0 Å². The maximum atomic E-state index is 5.43. The van der Waals surface area contributed by atoms with Crippen LogP contribution < -0.4 is 0 Å². The van der Waals surface area contributed by atoms with Gasteiger partial charge < -0.3 is 4.42 Å². The number of hydrogen-bond acceptors (Lipinski definition) is 3. The fourth-order valence-corrected chi connectivity index (χ4v) is 1.78. The van der Waals surface area contributed by atoms with Crippen molar-refractivity contribution in [2.45, 2.75) is 32.7 Å². The van der Waals surface area contributed by atoms with Gasteiger partial charge in [0.2, 0.25) is 5.89 Å². The first-order valence-electron chi connectivity index (χ1n) is 4.98. The van der Waals surface area contributed by atoms with Crippen molar-refractivity contribution >= 4 is 0 Å². The van der Waals surface area contributed by atoms with E-state index in [4.69, 9.17) is 4.42 Å². The second-order valence-corrected chi connectivity index (χ2v) is 3.70. The third-order valence-corrected chi connectivity index (χ3v) is 2.48. The molecule has 2 rings (SSSR count).